The number of hydrogen-bond acceptors (Lipinski definition) is 4. The third-order valence-corrected chi connectivity index (χ3v) is 5.67. The molecule has 1 aromatic rings. The van der Waals surface area contributed by atoms with E-state index in [0.717, 1.165) is 25.2 Å². The Kier molecular flexibility index (Phi) is 6.58. The van der Waals surface area contributed by atoms with Crippen molar-refractivity contribution < 1.29 is 12.8 Å². The Morgan fingerprint density at radius 1 is 1.38 bits per heavy atom. The Morgan fingerprint density at radius 2 is 1.95 bits per heavy atom. The van der Waals surface area contributed by atoms with Crippen LogP contribution in [0.25, 0.3) is 0 Å². The molecule has 0 saturated heterocycles. The summed E-state index contributed by atoms with van der Waals surface area (Å²) in [6, 6.07) is 1.90. The maximum atomic E-state index is 13.3. The van der Waals surface area contributed by atoms with Gasteiger partial charge in [-0.25, -0.2) is 17.5 Å². The van der Waals surface area contributed by atoms with Gasteiger partial charge in [0.05, 0.1) is 10.6 Å². The van der Waals surface area contributed by atoms with Crippen LogP contribution in [0, 0.1) is 5.82 Å². The second-order valence-electron chi connectivity index (χ2n) is 4.81. The van der Waals surface area contributed by atoms with Gasteiger partial charge in [-0.2, -0.15) is 0 Å². The van der Waals surface area contributed by atoms with Crippen LogP contribution in [-0.4, -0.2) is 39.0 Å². The van der Waals surface area contributed by atoms with Crippen molar-refractivity contribution in [2.75, 3.05) is 25.4 Å². The van der Waals surface area contributed by atoms with Crippen molar-refractivity contribution in [2.45, 2.75) is 31.7 Å². The van der Waals surface area contributed by atoms with Crippen LogP contribution < -0.4 is 10.5 Å². The summed E-state index contributed by atoms with van der Waals surface area (Å²) in [5.41, 5.74) is 5.25. The highest BCUT2D eigenvalue weighted by Gasteiger charge is 2.22. The summed E-state index contributed by atoms with van der Waals surface area (Å²) >= 11 is 3.06. The Hall–Kier alpha value is -0.700. The number of benzene rings is 1. The van der Waals surface area contributed by atoms with Gasteiger partial charge in [0.15, 0.2) is 0 Å². The molecule has 0 aliphatic carbocycles. The maximum absolute atomic E-state index is 13.3. The van der Waals surface area contributed by atoms with Gasteiger partial charge in [-0.15, -0.1) is 0 Å². The molecule has 0 radical (unpaired) electrons. The zero-order valence-corrected chi connectivity index (χ0v) is 14.8. The monoisotopic (exact) mass is 381 g/mol. The van der Waals surface area contributed by atoms with Gasteiger partial charge >= 0.3 is 0 Å². The quantitative estimate of drug-likeness (QED) is 0.709. The minimum Gasteiger partial charge on any atom is -0.396 e. The minimum atomic E-state index is -3.76. The molecular weight excluding hydrogens is 361 g/mol. The standard InChI is InChI=1S/C13H21BrFN3O2S/c1-4-18(5-2)8-9(3)17-21(19,20)13-7-12(16)11(15)6-10(13)14/h6-7,9,17H,4-5,8,16H2,1-3H3. The van der Waals surface area contributed by atoms with E-state index in [4.69, 9.17) is 5.73 Å². The van der Waals surface area contributed by atoms with E-state index in [9.17, 15) is 12.8 Å². The molecule has 0 aliphatic rings. The average molecular weight is 382 g/mol. The molecule has 0 aromatic heterocycles. The van der Waals surface area contributed by atoms with E-state index in [0.29, 0.717) is 6.54 Å². The van der Waals surface area contributed by atoms with E-state index in [1.165, 1.54) is 0 Å². The number of sulfonamides is 1. The summed E-state index contributed by atoms with van der Waals surface area (Å²) in [7, 11) is -3.76. The summed E-state index contributed by atoms with van der Waals surface area (Å²) in [4.78, 5) is 2.05. The lowest BCUT2D eigenvalue weighted by Gasteiger charge is -2.23. The highest BCUT2D eigenvalue weighted by atomic mass is 79.9. The van der Waals surface area contributed by atoms with E-state index >= 15 is 0 Å². The van der Waals surface area contributed by atoms with Crippen molar-refractivity contribution in [1.29, 1.82) is 0 Å². The smallest absolute Gasteiger partial charge is 0.242 e. The number of halogens is 2. The van der Waals surface area contributed by atoms with Gasteiger partial charge in [0, 0.05) is 17.1 Å². The molecule has 0 saturated carbocycles. The Balaban J connectivity index is 2.94. The van der Waals surface area contributed by atoms with Gasteiger partial charge in [0.1, 0.15) is 5.82 Å². The van der Waals surface area contributed by atoms with E-state index in [2.05, 4.69) is 25.6 Å². The van der Waals surface area contributed by atoms with E-state index in [1.807, 2.05) is 13.8 Å². The molecule has 1 atom stereocenters. The Bertz CT molecular complexity index is 591. The molecule has 8 heteroatoms. The molecule has 21 heavy (non-hydrogen) atoms. The van der Waals surface area contributed by atoms with Gasteiger partial charge < -0.3 is 10.6 Å². The molecule has 3 N–H and O–H groups in total. The van der Waals surface area contributed by atoms with Gasteiger partial charge in [-0.1, -0.05) is 13.8 Å². The number of nitrogens with zero attached hydrogens (tertiary/aromatic N) is 1. The molecule has 1 rings (SSSR count). The van der Waals surface area contributed by atoms with Gasteiger partial charge in [0.25, 0.3) is 0 Å². The van der Waals surface area contributed by atoms with Crippen molar-refractivity contribution in [3.8, 4) is 0 Å². The van der Waals surface area contributed by atoms with Crippen molar-refractivity contribution >= 4 is 31.6 Å². The van der Waals surface area contributed by atoms with Crippen LogP contribution in [0.15, 0.2) is 21.5 Å². The summed E-state index contributed by atoms with van der Waals surface area (Å²) in [6.45, 7) is 8.10. The highest BCUT2D eigenvalue weighted by Crippen LogP contribution is 2.26. The summed E-state index contributed by atoms with van der Waals surface area (Å²) < 4.78 is 40.7. The van der Waals surface area contributed by atoms with Crippen molar-refractivity contribution in [3.63, 3.8) is 0 Å². The van der Waals surface area contributed by atoms with Crippen LogP contribution in [0.4, 0.5) is 10.1 Å². The lowest BCUT2D eigenvalue weighted by molar-refractivity contribution is 0.282. The van der Waals surface area contributed by atoms with E-state index in [1.54, 1.807) is 6.92 Å². The third-order valence-electron chi connectivity index (χ3n) is 3.12. The van der Waals surface area contributed by atoms with Crippen molar-refractivity contribution in [1.82, 2.24) is 9.62 Å². The predicted molar refractivity (Wildman–Crippen MR) is 86.1 cm³/mol. The second kappa shape index (κ2) is 7.53. The lowest BCUT2D eigenvalue weighted by Crippen LogP contribution is -2.42. The van der Waals surface area contributed by atoms with Crippen LogP contribution in [0.3, 0.4) is 0 Å². The topological polar surface area (TPSA) is 75.4 Å². The van der Waals surface area contributed by atoms with Crippen LogP contribution in [0.2, 0.25) is 0 Å². The van der Waals surface area contributed by atoms with Crippen molar-refractivity contribution in [3.05, 3.63) is 22.4 Å². The molecule has 0 fully saturated rings. The van der Waals surface area contributed by atoms with E-state index in [-0.39, 0.29) is 21.1 Å². The van der Waals surface area contributed by atoms with E-state index < -0.39 is 15.8 Å². The first-order valence-corrected chi connectivity index (χ1v) is 8.98. The summed E-state index contributed by atoms with van der Waals surface area (Å²) in [5.74, 6) is -0.656. The fourth-order valence-corrected chi connectivity index (χ4v) is 4.27. The van der Waals surface area contributed by atoms with Gasteiger partial charge in [0.2, 0.25) is 10.0 Å². The molecule has 0 bridgehead atoms. The zero-order valence-electron chi connectivity index (χ0n) is 12.4. The molecule has 0 spiro atoms. The molecule has 5 nitrogen and oxygen atoms in total. The van der Waals surface area contributed by atoms with Crippen LogP contribution in [0.1, 0.15) is 20.8 Å². The molecule has 0 aliphatic heterocycles. The number of nitrogen functional groups attached to an aromatic ring is 1. The Morgan fingerprint density at radius 3 is 2.48 bits per heavy atom. The first-order valence-electron chi connectivity index (χ1n) is 6.70. The number of rotatable bonds is 7. The number of likely N-dealkylation sites (N-methyl/N-ethyl adjacent to an activating group) is 1. The molecule has 0 amide bonds. The number of nitrogens with one attached hydrogen (secondary N) is 1. The third kappa shape index (κ3) is 4.91. The molecular formula is C13H21BrFN3O2S. The predicted octanol–water partition coefficient (Wildman–Crippen LogP) is 2.18. The first-order chi connectivity index (χ1) is 9.71. The van der Waals surface area contributed by atoms with Gasteiger partial charge in [-0.3, -0.25) is 0 Å². The maximum Gasteiger partial charge on any atom is 0.242 e. The second-order valence-corrected chi connectivity index (χ2v) is 7.35. The van der Waals surface area contributed by atoms with Gasteiger partial charge in [-0.05, 0) is 48.1 Å². The SMILES string of the molecule is CCN(CC)CC(C)NS(=O)(=O)c1cc(N)c(F)cc1Br. The Labute approximate surface area is 133 Å². The molecule has 0 heterocycles. The zero-order chi connectivity index (χ0) is 16.2. The fourth-order valence-electron chi connectivity index (χ4n) is 1.99. The van der Waals surface area contributed by atoms with Crippen LogP contribution in [0.5, 0.6) is 0 Å². The number of nitrogens with two attached hydrogens (primary N) is 1. The largest absolute Gasteiger partial charge is 0.396 e. The highest BCUT2D eigenvalue weighted by molar-refractivity contribution is 9.10. The van der Waals surface area contributed by atoms with Crippen LogP contribution in [-0.2, 0) is 10.0 Å². The first kappa shape index (κ1) is 18.3. The summed E-state index contributed by atoms with van der Waals surface area (Å²) in [5, 5.41) is 0. The molecule has 1 aromatic carbocycles. The summed E-state index contributed by atoms with van der Waals surface area (Å²) in [6.07, 6.45) is 0. The molecule has 1 unspecified atom stereocenters. The molecule has 120 valence electrons. The normalized spacial score (nSPS) is 13.6. The fraction of sp³-hybridized carbons (Fsp3) is 0.538. The minimum absolute atomic E-state index is 0.0622. The number of hydrogen-bond donors (Lipinski definition) is 2. The lowest BCUT2D eigenvalue weighted by atomic mass is 10.3. The number of anilines is 1. The van der Waals surface area contributed by atoms with Crippen LogP contribution >= 0.6 is 15.9 Å². The van der Waals surface area contributed by atoms with Crippen molar-refractivity contribution in [2.24, 2.45) is 0 Å². The average Bonchev–Trinajstić information content (AvgIpc) is 2.39.